The highest BCUT2D eigenvalue weighted by molar-refractivity contribution is 5.93. The predicted molar refractivity (Wildman–Crippen MR) is 72.0 cm³/mol. The van der Waals surface area contributed by atoms with Gasteiger partial charge >= 0.3 is 12.3 Å². The first kappa shape index (κ1) is 18.2. The Balaban J connectivity index is 2.30. The molecular formula is C15H14F5NO3. The van der Waals surface area contributed by atoms with Gasteiger partial charge < -0.3 is 4.74 Å². The topological polar surface area (TPSA) is 46.6 Å². The smallest absolute Gasteiger partial charge is 0.416 e. The third kappa shape index (κ3) is 3.82. The van der Waals surface area contributed by atoms with E-state index in [1.54, 1.807) is 6.92 Å². The molecule has 1 aromatic rings. The van der Waals surface area contributed by atoms with Crippen molar-refractivity contribution in [1.29, 1.82) is 0 Å². The number of benzene rings is 1. The van der Waals surface area contributed by atoms with Gasteiger partial charge in [0.25, 0.3) is 0 Å². The number of hydrogen-bond donors (Lipinski definition) is 0. The van der Waals surface area contributed by atoms with Gasteiger partial charge in [-0.3, -0.25) is 4.79 Å². The summed E-state index contributed by atoms with van der Waals surface area (Å²) in [6, 6.07) is 0.828. The summed E-state index contributed by atoms with van der Waals surface area (Å²) in [6.07, 6.45) is -6.75. The summed E-state index contributed by atoms with van der Waals surface area (Å²) in [5.41, 5.74) is -0.714. The van der Waals surface area contributed by atoms with E-state index >= 15 is 0 Å². The fraction of sp³-hybridized carbons (Fsp3) is 0.467. The summed E-state index contributed by atoms with van der Waals surface area (Å²) in [5.74, 6) is -5.89. The van der Waals surface area contributed by atoms with Gasteiger partial charge in [0.15, 0.2) is 0 Å². The Kier molecular flexibility index (Phi) is 5.10. The number of carbonyl (C=O) groups is 2. The Labute approximate surface area is 134 Å². The van der Waals surface area contributed by atoms with Gasteiger partial charge in [-0.25, -0.2) is 18.5 Å². The molecule has 0 aliphatic carbocycles. The molecule has 1 heterocycles. The molecule has 132 valence electrons. The summed E-state index contributed by atoms with van der Waals surface area (Å²) >= 11 is 0. The first-order valence-electron chi connectivity index (χ1n) is 7.15. The van der Waals surface area contributed by atoms with Crippen molar-refractivity contribution in [3.8, 4) is 0 Å². The van der Waals surface area contributed by atoms with Crippen molar-refractivity contribution in [2.24, 2.45) is 0 Å². The molecule has 0 unspecified atom stereocenters. The lowest BCUT2D eigenvalue weighted by molar-refractivity contribution is -0.160. The predicted octanol–water partition coefficient (Wildman–Crippen LogP) is 3.76. The number of halogens is 5. The number of rotatable bonds is 4. The minimum atomic E-state index is -4.92. The van der Waals surface area contributed by atoms with Gasteiger partial charge in [-0.2, -0.15) is 13.2 Å². The van der Waals surface area contributed by atoms with Gasteiger partial charge in [0.2, 0.25) is 5.91 Å². The molecule has 0 saturated carbocycles. The average molecular weight is 351 g/mol. The molecule has 1 aliphatic rings. The van der Waals surface area contributed by atoms with Crippen LogP contribution in [0.3, 0.4) is 0 Å². The zero-order chi connectivity index (χ0) is 18.1. The largest absolute Gasteiger partial charge is 0.447 e. The van der Waals surface area contributed by atoms with E-state index in [0.29, 0.717) is 29.5 Å². The number of imide groups is 1. The van der Waals surface area contributed by atoms with Crippen LogP contribution in [0, 0.1) is 11.6 Å². The van der Waals surface area contributed by atoms with E-state index in [1.165, 1.54) is 0 Å². The molecule has 1 saturated heterocycles. The molecule has 9 heteroatoms. The van der Waals surface area contributed by atoms with Crippen LogP contribution in [0.15, 0.2) is 18.2 Å². The van der Waals surface area contributed by atoms with Gasteiger partial charge in [0.05, 0.1) is 12.0 Å². The lowest BCUT2D eigenvalue weighted by Gasteiger charge is -2.24. The fourth-order valence-corrected chi connectivity index (χ4v) is 2.54. The van der Waals surface area contributed by atoms with Crippen molar-refractivity contribution in [3.05, 3.63) is 35.4 Å². The normalized spacial score (nSPS) is 19.3. The molecule has 2 atom stereocenters. The van der Waals surface area contributed by atoms with Crippen LogP contribution in [0.2, 0.25) is 0 Å². The minimum Gasteiger partial charge on any atom is -0.447 e. The molecule has 2 rings (SSSR count). The summed E-state index contributed by atoms with van der Waals surface area (Å²) in [4.78, 5) is 24.3. The van der Waals surface area contributed by atoms with Gasteiger partial charge in [0.1, 0.15) is 18.2 Å². The third-order valence-corrected chi connectivity index (χ3v) is 3.76. The van der Waals surface area contributed by atoms with Crippen LogP contribution in [-0.4, -0.2) is 35.7 Å². The van der Waals surface area contributed by atoms with E-state index in [2.05, 4.69) is 4.74 Å². The number of alkyl halides is 3. The summed E-state index contributed by atoms with van der Waals surface area (Å²) in [5, 5.41) is 0. The number of ether oxygens (including phenoxy) is 1. The molecule has 0 radical (unpaired) electrons. The lowest BCUT2D eigenvalue weighted by atomic mass is 9.94. The number of amides is 2. The Morgan fingerprint density at radius 2 is 1.88 bits per heavy atom. The summed E-state index contributed by atoms with van der Waals surface area (Å²) in [6.45, 7) is 1.56. The maximum Gasteiger partial charge on any atom is 0.416 e. The van der Waals surface area contributed by atoms with Crippen molar-refractivity contribution in [1.82, 2.24) is 4.90 Å². The van der Waals surface area contributed by atoms with Gasteiger partial charge in [-0.05, 0) is 24.1 Å². The molecule has 1 fully saturated rings. The number of cyclic esters (lactones) is 1. The first-order valence-corrected chi connectivity index (χ1v) is 7.15. The van der Waals surface area contributed by atoms with Crippen LogP contribution in [0.4, 0.5) is 26.7 Å². The van der Waals surface area contributed by atoms with Crippen LogP contribution in [0.5, 0.6) is 0 Å². The van der Waals surface area contributed by atoms with Crippen molar-refractivity contribution in [3.63, 3.8) is 0 Å². The molecule has 4 nitrogen and oxygen atoms in total. The van der Waals surface area contributed by atoms with E-state index in [0.717, 1.165) is 0 Å². The van der Waals surface area contributed by atoms with E-state index < -0.39 is 53.8 Å². The molecule has 24 heavy (non-hydrogen) atoms. The second kappa shape index (κ2) is 6.74. The van der Waals surface area contributed by atoms with E-state index in [9.17, 15) is 31.5 Å². The molecule has 0 spiro atoms. The maximum atomic E-state index is 13.3. The highest BCUT2D eigenvalue weighted by Crippen LogP contribution is 2.39. The SMILES string of the molecule is CC[C@H]1COC(=O)N1C(=O)C[C@@H](c1cc(F)cc(F)c1)C(F)(F)F. The van der Waals surface area contributed by atoms with Crippen LogP contribution in [-0.2, 0) is 9.53 Å². The quantitative estimate of drug-likeness (QED) is 0.776. The lowest BCUT2D eigenvalue weighted by Crippen LogP contribution is -2.40. The molecule has 2 amide bonds. The second-order valence-electron chi connectivity index (χ2n) is 5.40. The highest BCUT2D eigenvalue weighted by atomic mass is 19.4. The van der Waals surface area contributed by atoms with Gasteiger partial charge in [0, 0.05) is 12.5 Å². The molecular weight excluding hydrogens is 337 g/mol. The molecule has 0 bridgehead atoms. The Morgan fingerprint density at radius 3 is 2.38 bits per heavy atom. The highest BCUT2D eigenvalue weighted by Gasteiger charge is 2.45. The number of hydrogen-bond acceptors (Lipinski definition) is 3. The van der Waals surface area contributed by atoms with Crippen LogP contribution < -0.4 is 0 Å². The average Bonchev–Trinajstić information content (AvgIpc) is 2.83. The van der Waals surface area contributed by atoms with Crippen molar-refractivity contribution < 1.29 is 36.3 Å². The molecule has 1 aromatic carbocycles. The zero-order valence-corrected chi connectivity index (χ0v) is 12.6. The third-order valence-electron chi connectivity index (χ3n) is 3.76. The Hall–Kier alpha value is -2.19. The monoisotopic (exact) mass is 351 g/mol. The zero-order valence-electron chi connectivity index (χ0n) is 12.6. The van der Waals surface area contributed by atoms with Crippen molar-refractivity contribution in [2.75, 3.05) is 6.61 Å². The van der Waals surface area contributed by atoms with Crippen molar-refractivity contribution >= 4 is 12.0 Å². The van der Waals surface area contributed by atoms with Crippen LogP contribution in [0.25, 0.3) is 0 Å². The first-order chi connectivity index (χ1) is 11.1. The minimum absolute atomic E-state index is 0.0909. The van der Waals surface area contributed by atoms with Crippen LogP contribution >= 0.6 is 0 Å². The summed E-state index contributed by atoms with van der Waals surface area (Å²) in [7, 11) is 0. The van der Waals surface area contributed by atoms with E-state index in [4.69, 9.17) is 0 Å². The van der Waals surface area contributed by atoms with Crippen molar-refractivity contribution in [2.45, 2.75) is 37.9 Å². The van der Waals surface area contributed by atoms with E-state index in [-0.39, 0.29) is 6.61 Å². The summed E-state index contributed by atoms with van der Waals surface area (Å²) < 4.78 is 70.9. The fourth-order valence-electron chi connectivity index (χ4n) is 2.54. The maximum absolute atomic E-state index is 13.3. The number of nitrogens with zero attached hydrogens (tertiary/aromatic N) is 1. The van der Waals surface area contributed by atoms with Crippen LogP contribution in [0.1, 0.15) is 31.2 Å². The van der Waals surface area contributed by atoms with Gasteiger partial charge in [-0.1, -0.05) is 6.92 Å². The molecule has 0 aromatic heterocycles. The second-order valence-corrected chi connectivity index (χ2v) is 5.40. The van der Waals surface area contributed by atoms with Gasteiger partial charge in [-0.15, -0.1) is 0 Å². The number of carbonyl (C=O) groups excluding carboxylic acids is 2. The molecule has 0 N–H and O–H groups in total. The van der Waals surface area contributed by atoms with E-state index in [1.807, 2.05) is 0 Å². The Morgan fingerprint density at radius 1 is 1.29 bits per heavy atom. The Bertz CT molecular complexity index is 626. The molecule has 1 aliphatic heterocycles. The standard InChI is InChI=1S/C15H14F5NO3/c1-2-11-7-24-14(23)21(11)13(22)6-12(15(18,19)20)8-3-9(16)5-10(17)4-8/h3-5,11-12H,2,6-7H2,1H3/t11-,12-/m0/s1.